The number of hydrogen-bond acceptors (Lipinski definition) is 10. The second kappa shape index (κ2) is 13.0. The van der Waals surface area contributed by atoms with Gasteiger partial charge in [0.25, 0.3) is 0 Å². The number of rotatable bonds is 9. The summed E-state index contributed by atoms with van der Waals surface area (Å²) in [5.74, 6) is -3.09. The van der Waals surface area contributed by atoms with Crippen LogP contribution in [0.25, 0.3) is 0 Å². The zero-order valence-corrected chi connectivity index (χ0v) is 32.4. The van der Waals surface area contributed by atoms with Gasteiger partial charge in [0, 0.05) is 52.5 Å². The van der Waals surface area contributed by atoms with E-state index in [-0.39, 0.29) is 24.9 Å². The van der Waals surface area contributed by atoms with Crippen molar-refractivity contribution in [1.82, 2.24) is 0 Å². The number of nitriles is 2. The summed E-state index contributed by atoms with van der Waals surface area (Å²) in [6, 6.07) is 4.49. The van der Waals surface area contributed by atoms with Crippen molar-refractivity contribution in [1.29, 1.82) is 10.5 Å². The van der Waals surface area contributed by atoms with Crippen molar-refractivity contribution in [3.63, 3.8) is 0 Å². The molecule has 4 heterocycles. The Morgan fingerprint density at radius 3 is 2.45 bits per heavy atom. The van der Waals surface area contributed by atoms with Gasteiger partial charge in [-0.15, -0.1) is 0 Å². The Hall–Kier alpha value is -4.25. The third kappa shape index (κ3) is 5.34. The van der Waals surface area contributed by atoms with Gasteiger partial charge in [0.2, 0.25) is 0 Å². The van der Waals surface area contributed by atoms with Gasteiger partial charge >= 0.3 is 5.97 Å². The van der Waals surface area contributed by atoms with Crippen LogP contribution in [0.1, 0.15) is 87.5 Å². The molecule has 10 nitrogen and oxygen atoms in total. The van der Waals surface area contributed by atoms with Crippen molar-refractivity contribution < 1.29 is 33.3 Å². The van der Waals surface area contributed by atoms with Crippen molar-refractivity contribution in [2.75, 3.05) is 13.8 Å². The SMILES string of the molecule is COC(=O)/C(C)=C\CC12OC(C)(C)C3CC(C1=O)C(C(C#N)C#N)C1C4=NCOC5C6=C(OC(C)(CCC=C(C)C)C=C6)C(CC=C(C)C)=C(OC132)C45. The Labute approximate surface area is 312 Å². The summed E-state index contributed by atoms with van der Waals surface area (Å²) in [6.07, 6.45) is 12.5. The number of esters is 1. The number of carbonyl (C=O) groups is 2. The lowest BCUT2D eigenvalue weighted by molar-refractivity contribution is -0.234. The summed E-state index contributed by atoms with van der Waals surface area (Å²) >= 11 is 0. The maximum absolute atomic E-state index is 15.2. The van der Waals surface area contributed by atoms with E-state index >= 15 is 4.79 Å². The number of ketones is 1. The maximum Gasteiger partial charge on any atom is 0.333 e. The van der Waals surface area contributed by atoms with Crippen molar-refractivity contribution in [3.8, 4) is 12.1 Å². The fourth-order valence-corrected chi connectivity index (χ4v) is 10.6. The van der Waals surface area contributed by atoms with Gasteiger partial charge in [0.05, 0.1) is 30.8 Å². The number of methoxy groups -OCH3 is 1. The van der Waals surface area contributed by atoms with Crippen LogP contribution in [0.3, 0.4) is 0 Å². The smallest absolute Gasteiger partial charge is 0.333 e. The second-order valence-corrected chi connectivity index (χ2v) is 17.0. The monoisotopic (exact) mass is 721 g/mol. The van der Waals surface area contributed by atoms with Crippen LogP contribution in [0.2, 0.25) is 0 Å². The molecule has 0 N–H and O–H groups in total. The number of carbonyl (C=O) groups excluding carboxylic acids is 2. The van der Waals surface area contributed by atoms with Crippen LogP contribution in [0.5, 0.6) is 0 Å². The van der Waals surface area contributed by atoms with Gasteiger partial charge in [-0.05, 0) is 87.1 Å². The number of allylic oxidation sites excluding steroid dienone is 5. The van der Waals surface area contributed by atoms with Gasteiger partial charge < -0.3 is 23.7 Å². The van der Waals surface area contributed by atoms with Crippen LogP contribution in [0.4, 0.5) is 0 Å². The van der Waals surface area contributed by atoms with Gasteiger partial charge in [-0.25, -0.2) is 4.79 Å². The van der Waals surface area contributed by atoms with Crippen molar-refractivity contribution in [2.24, 2.45) is 40.5 Å². The lowest BCUT2D eigenvalue weighted by Gasteiger charge is -2.66. The van der Waals surface area contributed by atoms with Crippen LogP contribution >= 0.6 is 0 Å². The molecule has 10 heteroatoms. The van der Waals surface area contributed by atoms with Crippen molar-refractivity contribution >= 4 is 17.5 Å². The molecule has 4 aliphatic carbocycles. The molecule has 0 amide bonds. The first-order chi connectivity index (χ1) is 25.1. The largest absolute Gasteiger partial charge is 0.486 e. The summed E-state index contributed by atoms with van der Waals surface area (Å²) in [5.41, 5.74) is 1.00. The summed E-state index contributed by atoms with van der Waals surface area (Å²) < 4.78 is 33.4. The molecule has 9 atom stereocenters. The number of hydrogen-bond donors (Lipinski definition) is 0. The first-order valence-electron chi connectivity index (χ1n) is 18.9. The first kappa shape index (κ1) is 37.1. The minimum Gasteiger partial charge on any atom is -0.486 e. The molecule has 9 unspecified atom stereocenters. The Morgan fingerprint density at radius 1 is 1.08 bits per heavy atom. The van der Waals surface area contributed by atoms with E-state index in [0.29, 0.717) is 24.2 Å². The Kier molecular flexibility index (Phi) is 9.06. The molecular formula is C43H51N3O7. The Balaban J connectivity index is 1.48. The molecule has 0 aromatic carbocycles. The molecule has 280 valence electrons. The number of fused-ring (bicyclic) bond motifs is 1. The first-order valence-corrected chi connectivity index (χ1v) is 18.9. The predicted octanol–water partition coefficient (Wildman–Crippen LogP) is 7.31. The van der Waals surface area contributed by atoms with Crippen LogP contribution in [-0.4, -0.2) is 59.8 Å². The standard InChI is InChI=1S/C43H51N3O7/c1-23(2)11-10-16-41(8)17-15-28-35(51-41)27(13-12-24(3)4)37-32-34(46-22-50-36(28)32)33-31(26(20-44)21-45)29-19-30-40(6,7)53-42(38(29)47,43(30,33)52-37)18-14-25(5)39(48)49-9/h11-12,14-15,17,26,29-33,36H,10,13,16,18-19,22H2,1-9H3/b25-14-. The van der Waals surface area contributed by atoms with E-state index in [4.69, 9.17) is 28.7 Å². The van der Waals surface area contributed by atoms with Crippen molar-refractivity contribution in [3.05, 3.63) is 69.8 Å². The fraction of sp³-hybridized carbons (Fsp3) is 0.605. The van der Waals surface area contributed by atoms with Crippen LogP contribution < -0.4 is 0 Å². The average Bonchev–Trinajstić information content (AvgIpc) is 3.26. The minimum atomic E-state index is -1.53. The molecule has 8 aliphatic rings. The van der Waals surface area contributed by atoms with Crippen molar-refractivity contribution in [2.45, 2.75) is 116 Å². The highest BCUT2D eigenvalue weighted by Crippen LogP contribution is 2.73. The molecule has 0 radical (unpaired) electrons. The maximum atomic E-state index is 15.2. The van der Waals surface area contributed by atoms with Gasteiger partial charge in [-0.3, -0.25) is 9.79 Å². The zero-order valence-electron chi connectivity index (χ0n) is 32.4. The molecule has 3 saturated carbocycles. The van der Waals surface area contributed by atoms with Crippen LogP contribution in [0, 0.1) is 58.2 Å². The number of nitrogens with zero attached hydrogens (tertiary/aromatic N) is 3. The molecule has 0 aromatic heterocycles. The summed E-state index contributed by atoms with van der Waals surface area (Å²) in [4.78, 5) is 33.0. The average molecular weight is 722 g/mol. The van der Waals surface area contributed by atoms with E-state index in [9.17, 15) is 15.3 Å². The normalized spacial score (nSPS) is 36.9. The highest BCUT2D eigenvalue weighted by atomic mass is 16.6. The third-order valence-electron chi connectivity index (χ3n) is 12.8. The molecule has 1 spiro atoms. The van der Waals surface area contributed by atoms with E-state index in [0.717, 1.165) is 41.0 Å². The van der Waals surface area contributed by atoms with Gasteiger partial charge in [-0.1, -0.05) is 35.5 Å². The molecule has 2 saturated heterocycles. The number of Topliss-reactive ketones (excluding diaryl/α,β-unsaturated/α-hetero) is 1. The van der Waals surface area contributed by atoms with E-state index in [1.807, 2.05) is 13.8 Å². The zero-order chi connectivity index (χ0) is 38.2. The molecule has 8 rings (SSSR count). The molecular weight excluding hydrogens is 670 g/mol. The summed E-state index contributed by atoms with van der Waals surface area (Å²) in [7, 11) is 1.33. The molecule has 53 heavy (non-hydrogen) atoms. The van der Waals surface area contributed by atoms with Gasteiger partial charge in [0.1, 0.15) is 35.9 Å². The Bertz CT molecular complexity index is 1930. The minimum absolute atomic E-state index is 0.0558. The van der Waals surface area contributed by atoms with E-state index < -0.39 is 64.1 Å². The predicted molar refractivity (Wildman–Crippen MR) is 196 cm³/mol. The summed E-state index contributed by atoms with van der Waals surface area (Å²) in [5, 5.41) is 20.9. The quantitative estimate of drug-likeness (QED) is 0.136. The lowest BCUT2D eigenvalue weighted by Crippen LogP contribution is -2.79. The topological polar surface area (TPSA) is 140 Å². The van der Waals surface area contributed by atoms with Gasteiger partial charge in [0.15, 0.2) is 17.0 Å². The molecule has 5 fully saturated rings. The second-order valence-electron chi connectivity index (χ2n) is 17.0. The number of aliphatic imine (C=N–C) groups is 1. The van der Waals surface area contributed by atoms with Crippen LogP contribution in [0.15, 0.2) is 74.8 Å². The lowest BCUT2D eigenvalue weighted by atomic mass is 9.41. The molecule has 0 aromatic rings. The van der Waals surface area contributed by atoms with E-state index in [2.05, 4.69) is 71.1 Å². The molecule has 4 aliphatic heterocycles. The van der Waals surface area contributed by atoms with Crippen LogP contribution in [-0.2, 0) is 33.3 Å². The highest BCUT2D eigenvalue weighted by Gasteiger charge is 2.86. The third-order valence-corrected chi connectivity index (χ3v) is 12.8. The van der Waals surface area contributed by atoms with Gasteiger partial charge in [-0.2, -0.15) is 10.5 Å². The summed E-state index contributed by atoms with van der Waals surface area (Å²) in [6.45, 7) is 16.1. The Morgan fingerprint density at radius 2 is 1.79 bits per heavy atom. The number of ether oxygens (including phenoxy) is 5. The highest BCUT2D eigenvalue weighted by molar-refractivity contribution is 6.03. The molecule has 4 bridgehead atoms. The van der Waals surface area contributed by atoms with E-state index in [1.54, 1.807) is 13.0 Å². The van der Waals surface area contributed by atoms with E-state index in [1.165, 1.54) is 12.7 Å². The fourth-order valence-electron chi connectivity index (χ4n) is 10.6.